The van der Waals surface area contributed by atoms with Crippen LogP contribution in [0.4, 0.5) is 0 Å². The normalized spacial score (nSPS) is 11.1. The van der Waals surface area contributed by atoms with Gasteiger partial charge in [-0.05, 0) is 67.2 Å². The first kappa shape index (κ1) is 16.0. The number of nitrogens with zero attached hydrogens (tertiary/aromatic N) is 1. The fraction of sp³-hybridized carbons (Fsp3) is 0.533. The number of hydrogen-bond donors (Lipinski definition) is 1. The molecule has 0 aliphatic rings. The molecule has 0 aromatic heterocycles. The third-order valence-corrected chi connectivity index (χ3v) is 3.58. The lowest BCUT2D eigenvalue weighted by molar-refractivity contribution is 0.280. The topological polar surface area (TPSA) is 59.0 Å². The van der Waals surface area contributed by atoms with E-state index in [9.17, 15) is 0 Å². The molecule has 0 atom stereocenters. The van der Waals surface area contributed by atoms with Crippen LogP contribution in [0, 0.1) is 16.7 Å². The average Bonchev–Trinajstić information content (AvgIpc) is 2.37. The third kappa shape index (κ3) is 5.22. The molecule has 0 amide bonds. The quantitative estimate of drug-likeness (QED) is 0.778. The van der Waals surface area contributed by atoms with Crippen molar-refractivity contribution in [3.8, 4) is 11.8 Å². The second-order valence-corrected chi connectivity index (χ2v) is 6.07. The van der Waals surface area contributed by atoms with Gasteiger partial charge in [0.05, 0.1) is 22.6 Å². The van der Waals surface area contributed by atoms with Crippen molar-refractivity contribution in [3.05, 3.63) is 28.2 Å². The maximum Gasteiger partial charge on any atom is 0.136 e. The zero-order valence-electron chi connectivity index (χ0n) is 11.6. The number of nitriles is 1. The van der Waals surface area contributed by atoms with Crippen molar-refractivity contribution in [3.63, 3.8) is 0 Å². The highest BCUT2D eigenvalue weighted by atomic mass is 79.9. The zero-order chi connectivity index (χ0) is 14.3. The van der Waals surface area contributed by atoms with Gasteiger partial charge in [-0.15, -0.1) is 0 Å². The monoisotopic (exact) mass is 324 g/mol. The maximum atomic E-state index is 8.96. The van der Waals surface area contributed by atoms with Gasteiger partial charge in [-0.2, -0.15) is 5.26 Å². The number of nitrogens with two attached hydrogens (primary N) is 1. The van der Waals surface area contributed by atoms with E-state index in [0.29, 0.717) is 13.2 Å². The van der Waals surface area contributed by atoms with Crippen molar-refractivity contribution in [1.82, 2.24) is 0 Å². The summed E-state index contributed by atoms with van der Waals surface area (Å²) in [7, 11) is 0. The summed E-state index contributed by atoms with van der Waals surface area (Å²) in [4.78, 5) is 0. The number of rotatable bonds is 7. The molecule has 1 aromatic carbocycles. The first-order chi connectivity index (χ1) is 9.00. The highest BCUT2D eigenvalue weighted by Crippen LogP contribution is 2.30. The standard InChI is InChI=1S/C15H21BrN2O/c1-15(2,11-18)8-4-10-19-14-12(7-9-17)5-3-6-13(14)16/h3,5-6H,4,7-10,17H2,1-2H3. The molecule has 0 spiro atoms. The number of benzene rings is 1. The Kier molecular flexibility index (Phi) is 6.33. The Labute approximate surface area is 123 Å². The Morgan fingerprint density at radius 1 is 1.42 bits per heavy atom. The van der Waals surface area contributed by atoms with E-state index in [0.717, 1.165) is 35.0 Å². The lowest BCUT2D eigenvalue weighted by Gasteiger charge is -2.16. The van der Waals surface area contributed by atoms with Gasteiger partial charge in [0, 0.05) is 0 Å². The number of halogens is 1. The number of para-hydroxylation sites is 1. The van der Waals surface area contributed by atoms with Crippen LogP contribution in [0.3, 0.4) is 0 Å². The lowest BCUT2D eigenvalue weighted by atomic mass is 9.90. The molecule has 0 saturated heterocycles. The van der Waals surface area contributed by atoms with Crippen molar-refractivity contribution >= 4 is 15.9 Å². The van der Waals surface area contributed by atoms with E-state index in [1.807, 2.05) is 32.0 Å². The fourth-order valence-corrected chi connectivity index (χ4v) is 2.33. The van der Waals surface area contributed by atoms with E-state index in [1.165, 1.54) is 0 Å². The Morgan fingerprint density at radius 2 is 2.16 bits per heavy atom. The molecule has 0 unspecified atom stereocenters. The van der Waals surface area contributed by atoms with Crippen LogP contribution in [0.5, 0.6) is 5.75 Å². The summed E-state index contributed by atoms with van der Waals surface area (Å²) in [5.41, 5.74) is 6.44. The number of ether oxygens (including phenoxy) is 1. The van der Waals surface area contributed by atoms with Crippen LogP contribution in [0.25, 0.3) is 0 Å². The predicted octanol–water partition coefficient (Wildman–Crippen LogP) is 3.66. The van der Waals surface area contributed by atoms with Crippen LogP contribution in [0.1, 0.15) is 32.3 Å². The minimum atomic E-state index is -0.280. The Morgan fingerprint density at radius 3 is 2.79 bits per heavy atom. The van der Waals surface area contributed by atoms with Gasteiger partial charge in [0.25, 0.3) is 0 Å². The van der Waals surface area contributed by atoms with Crippen LogP contribution in [0.2, 0.25) is 0 Å². The van der Waals surface area contributed by atoms with E-state index in [1.54, 1.807) is 0 Å². The van der Waals surface area contributed by atoms with Crippen LogP contribution in [-0.4, -0.2) is 13.2 Å². The summed E-state index contributed by atoms with van der Waals surface area (Å²) in [6.45, 7) is 5.12. The molecule has 0 radical (unpaired) electrons. The van der Waals surface area contributed by atoms with E-state index in [-0.39, 0.29) is 5.41 Å². The molecule has 19 heavy (non-hydrogen) atoms. The van der Waals surface area contributed by atoms with Crippen molar-refractivity contribution in [1.29, 1.82) is 5.26 Å². The van der Waals surface area contributed by atoms with Crippen molar-refractivity contribution in [2.24, 2.45) is 11.1 Å². The molecule has 0 aliphatic carbocycles. The van der Waals surface area contributed by atoms with Gasteiger partial charge in [0.1, 0.15) is 5.75 Å². The van der Waals surface area contributed by atoms with Crippen molar-refractivity contribution < 1.29 is 4.74 Å². The molecule has 3 nitrogen and oxygen atoms in total. The first-order valence-electron chi connectivity index (χ1n) is 6.51. The van der Waals surface area contributed by atoms with Gasteiger partial charge >= 0.3 is 0 Å². The number of hydrogen-bond acceptors (Lipinski definition) is 3. The minimum Gasteiger partial charge on any atom is -0.492 e. The van der Waals surface area contributed by atoms with E-state index >= 15 is 0 Å². The van der Waals surface area contributed by atoms with E-state index in [2.05, 4.69) is 22.0 Å². The summed E-state index contributed by atoms with van der Waals surface area (Å²) in [6.07, 6.45) is 2.50. The molecule has 1 rings (SSSR count). The van der Waals surface area contributed by atoms with Crippen LogP contribution < -0.4 is 10.5 Å². The van der Waals surface area contributed by atoms with Gasteiger partial charge in [-0.3, -0.25) is 0 Å². The average molecular weight is 325 g/mol. The molecule has 0 saturated carbocycles. The second kappa shape index (κ2) is 7.52. The molecular formula is C15H21BrN2O. The van der Waals surface area contributed by atoms with Crippen LogP contribution >= 0.6 is 15.9 Å². The Hall–Kier alpha value is -1.05. The zero-order valence-corrected chi connectivity index (χ0v) is 13.2. The summed E-state index contributed by atoms with van der Waals surface area (Å²) in [5, 5.41) is 8.96. The third-order valence-electron chi connectivity index (χ3n) is 2.96. The van der Waals surface area contributed by atoms with Gasteiger partial charge in [-0.1, -0.05) is 12.1 Å². The van der Waals surface area contributed by atoms with Crippen molar-refractivity contribution in [2.75, 3.05) is 13.2 Å². The summed E-state index contributed by atoms with van der Waals surface area (Å²) < 4.78 is 6.81. The molecule has 0 bridgehead atoms. The van der Waals surface area contributed by atoms with E-state index < -0.39 is 0 Å². The highest BCUT2D eigenvalue weighted by Gasteiger charge is 2.16. The molecule has 0 heterocycles. The maximum absolute atomic E-state index is 8.96. The molecule has 1 aromatic rings. The molecule has 0 aliphatic heterocycles. The predicted molar refractivity (Wildman–Crippen MR) is 81.0 cm³/mol. The van der Waals surface area contributed by atoms with Gasteiger partial charge in [-0.25, -0.2) is 0 Å². The van der Waals surface area contributed by atoms with Gasteiger partial charge in [0.2, 0.25) is 0 Å². The van der Waals surface area contributed by atoms with Crippen molar-refractivity contribution in [2.45, 2.75) is 33.1 Å². The largest absolute Gasteiger partial charge is 0.492 e. The molecule has 104 valence electrons. The summed E-state index contributed by atoms with van der Waals surface area (Å²) >= 11 is 3.50. The molecule has 2 N–H and O–H groups in total. The smallest absolute Gasteiger partial charge is 0.136 e. The minimum absolute atomic E-state index is 0.280. The van der Waals surface area contributed by atoms with Gasteiger partial charge in [0.15, 0.2) is 0 Å². The van der Waals surface area contributed by atoms with Gasteiger partial charge < -0.3 is 10.5 Å². The highest BCUT2D eigenvalue weighted by molar-refractivity contribution is 9.10. The molecule has 4 heteroatoms. The SMILES string of the molecule is CC(C)(C#N)CCCOc1c(Br)cccc1CCN. The Bertz CT molecular complexity index is 452. The molecular weight excluding hydrogens is 304 g/mol. The van der Waals surface area contributed by atoms with E-state index in [4.69, 9.17) is 15.7 Å². The lowest BCUT2D eigenvalue weighted by Crippen LogP contribution is -2.11. The Balaban J connectivity index is 2.56. The summed E-state index contributed by atoms with van der Waals surface area (Å²) in [5.74, 6) is 0.878. The second-order valence-electron chi connectivity index (χ2n) is 5.21. The summed E-state index contributed by atoms with van der Waals surface area (Å²) in [6, 6.07) is 8.29. The molecule has 0 fully saturated rings. The van der Waals surface area contributed by atoms with Crippen LogP contribution in [0.15, 0.2) is 22.7 Å². The van der Waals surface area contributed by atoms with Crippen LogP contribution in [-0.2, 0) is 6.42 Å². The fourth-order valence-electron chi connectivity index (χ4n) is 1.81. The first-order valence-corrected chi connectivity index (χ1v) is 7.31.